The number of benzene rings is 1. The molecule has 1 N–H and O–H groups in total. The van der Waals surface area contributed by atoms with Gasteiger partial charge in [0.05, 0.1) is 6.61 Å². The SMILES string of the molecule is CCOCC(C)N[C@@H](C)c1cccc(Br)c1. The van der Waals surface area contributed by atoms with Gasteiger partial charge in [-0.05, 0) is 38.5 Å². The Morgan fingerprint density at radius 2 is 2.12 bits per heavy atom. The lowest BCUT2D eigenvalue weighted by Crippen LogP contribution is -2.32. The Hall–Kier alpha value is -0.380. The molecule has 1 aromatic carbocycles. The van der Waals surface area contributed by atoms with Gasteiger partial charge in [-0.1, -0.05) is 28.1 Å². The number of ether oxygens (including phenoxy) is 1. The fourth-order valence-electron chi connectivity index (χ4n) is 1.64. The Kier molecular flexibility index (Phi) is 6.03. The highest BCUT2D eigenvalue weighted by Gasteiger charge is 2.09. The first-order valence-electron chi connectivity index (χ1n) is 5.72. The lowest BCUT2D eigenvalue weighted by Gasteiger charge is -2.20. The molecule has 0 spiro atoms. The normalized spacial score (nSPS) is 14.8. The van der Waals surface area contributed by atoms with Crippen LogP contribution >= 0.6 is 15.9 Å². The van der Waals surface area contributed by atoms with Gasteiger partial charge in [0.2, 0.25) is 0 Å². The van der Waals surface area contributed by atoms with Gasteiger partial charge in [-0.2, -0.15) is 0 Å². The van der Waals surface area contributed by atoms with E-state index in [9.17, 15) is 0 Å². The molecule has 0 aliphatic heterocycles. The van der Waals surface area contributed by atoms with E-state index in [0.29, 0.717) is 12.1 Å². The Bertz CT molecular complexity index is 317. The molecule has 0 aliphatic carbocycles. The van der Waals surface area contributed by atoms with Gasteiger partial charge in [-0.15, -0.1) is 0 Å². The standard InChI is InChI=1S/C13H20BrNO/c1-4-16-9-10(2)15-11(3)12-6-5-7-13(14)8-12/h5-8,10-11,15H,4,9H2,1-3H3/t10?,11-/m0/s1. The van der Waals surface area contributed by atoms with Crippen molar-refractivity contribution in [2.24, 2.45) is 0 Å². The summed E-state index contributed by atoms with van der Waals surface area (Å²) in [7, 11) is 0. The van der Waals surface area contributed by atoms with Crippen LogP contribution in [0.5, 0.6) is 0 Å². The van der Waals surface area contributed by atoms with Crippen LogP contribution in [-0.2, 0) is 4.74 Å². The summed E-state index contributed by atoms with van der Waals surface area (Å²) in [5.41, 5.74) is 1.29. The average molecular weight is 286 g/mol. The second-order valence-corrected chi connectivity index (χ2v) is 4.92. The van der Waals surface area contributed by atoms with Crippen LogP contribution in [-0.4, -0.2) is 19.3 Å². The molecule has 0 saturated carbocycles. The molecule has 3 heteroatoms. The number of hydrogen-bond acceptors (Lipinski definition) is 2. The molecule has 1 unspecified atom stereocenters. The van der Waals surface area contributed by atoms with Gasteiger partial charge >= 0.3 is 0 Å². The molecular weight excluding hydrogens is 266 g/mol. The zero-order valence-corrected chi connectivity index (χ0v) is 11.8. The summed E-state index contributed by atoms with van der Waals surface area (Å²) in [6.07, 6.45) is 0. The molecule has 0 aromatic heterocycles. The van der Waals surface area contributed by atoms with Gasteiger partial charge in [0.1, 0.15) is 0 Å². The predicted octanol–water partition coefficient (Wildman–Crippen LogP) is 3.52. The molecule has 0 radical (unpaired) electrons. The Morgan fingerprint density at radius 1 is 1.38 bits per heavy atom. The summed E-state index contributed by atoms with van der Waals surface area (Å²) in [5.74, 6) is 0. The highest BCUT2D eigenvalue weighted by molar-refractivity contribution is 9.10. The first-order chi connectivity index (χ1) is 7.63. The quantitative estimate of drug-likeness (QED) is 0.864. The third kappa shape index (κ3) is 4.64. The Morgan fingerprint density at radius 3 is 2.75 bits per heavy atom. The molecule has 0 fully saturated rings. The fourth-order valence-corrected chi connectivity index (χ4v) is 2.06. The van der Waals surface area contributed by atoms with E-state index in [-0.39, 0.29) is 0 Å². The summed E-state index contributed by atoms with van der Waals surface area (Å²) in [4.78, 5) is 0. The molecule has 0 saturated heterocycles. The Labute approximate surface area is 107 Å². The molecular formula is C13H20BrNO. The molecule has 0 aliphatic rings. The average Bonchev–Trinajstić information content (AvgIpc) is 2.26. The zero-order chi connectivity index (χ0) is 12.0. The van der Waals surface area contributed by atoms with E-state index in [0.717, 1.165) is 17.7 Å². The van der Waals surface area contributed by atoms with Crippen molar-refractivity contribution in [3.05, 3.63) is 34.3 Å². The van der Waals surface area contributed by atoms with E-state index in [1.807, 2.05) is 13.0 Å². The maximum absolute atomic E-state index is 5.38. The lowest BCUT2D eigenvalue weighted by molar-refractivity contribution is 0.124. The van der Waals surface area contributed by atoms with Crippen molar-refractivity contribution >= 4 is 15.9 Å². The van der Waals surface area contributed by atoms with Crippen LogP contribution < -0.4 is 5.32 Å². The van der Waals surface area contributed by atoms with E-state index in [1.54, 1.807) is 0 Å². The molecule has 2 atom stereocenters. The van der Waals surface area contributed by atoms with Crippen molar-refractivity contribution in [3.8, 4) is 0 Å². The number of nitrogens with one attached hydrogen (secondary N) is 1. The maximum atomic E-state index is 5.38. The summed E-state index contributed by atoms with van der Waals surface area (Å²) in [6, 6.07) is 9.09. The van der Waals surface area contributed by atoms with Crippen molar-refractivity contribution < 1.29 is 4.74 Å². The molecule has 0 amide bonds. The first-order valence-corrected chi connectivity index (χ1v) is 6.52. The number of halogens is 1. The van der Waals surface area contributed by atoms with E-state index in [4.69, 9.17) is 4.74 Å². The second kappa shape index (κ2) is 7.05. The minimum Gasteiger partial charge on any atom is -0.380 e. The molecule has 0 heterocycles. The monoisotopic (exact) mass is 285 g/mol. The predicted molar refractivity (Wildman–Crippen MR) is 71.6 cm³/mol. The lowest BCUT2D eigenvalue weighted by atomic mass is 10.1. The third-order valence-corrected chi connectivity index (χ3v) is 2.95. The fraction of sp³-hybridized carbons (Fsp3) is 0.538. The Balaban J connectivity index is 2.48. The van der Waals surface area contributed by atoms with Crippen LogP contribution in [0.3, 0.4) is 0 Å². The van der Waals surface area contributed by atoms with Gasteiger partial charge < -0.3 is 10.1 Å². The summed E-state index contributed by atoms with van der Waals surface area (Å²) in [5, 5.41) is 3.51. The second-order valence-electron chi connectivity index (χ2n) is 4.00. The third-order valence-electron chi connectivity index (χ3n) is 2.46. The highest BCUT2D eigenvalue weighted by atomic mass is 79.9. The highest BCUT2D eigenvalue weighted by Crippen LogP contribution is 2.18. The minimum absolute atomic E-state index is 0.341. The van der Waals surface area contributed by atoms with Crippen molar-refractivity contribution in [2.75, 3.05) is 13.2 Å². The van der Waals surface area contributed by atoms with Crippen LogP contribution in [0.15, 0.2) is 28.7 Å². The van der Waals surface area contributed by atoms with E-state index in [2.05, 4.69) is 53.3 Å². The van der Waals surface area contributed by atoms with E-state index >= 15 is 0 Å². The maximum Gasteiger partial charge on any atom is 0.0616 e. The van der Waals surface area contributed by atoms with Crippen LogP contribution in [0.4, 0.5) is 0 Å². The van der Waals surface area contributed by atoms with Crippen LogP contribution in [0, 0.1) is 0 Å². The van der Waals surface area contributed by atoms with Crippen molar-refractivity contribution in [1.29, 1.82) is 0 Å². The van der Waals surface area contributed by atoms with Gasteiger partial charge in [0.25, 0.3) is 0 Å². The summed E-state index contributed by atoms with van der Waals surface area (Å²) < 4.78 is 6.51. The largest absolute Gasteiger partial charge is 0.380 e. The molecule has 90 valence electrons. The van der Waals surface area contributed by atoms with Crippen LogP contribution in [0.1, 0.15) is 32.4 Å². The molecule has 1 aromatic rings. The summed E-state index contributed by atoms with van der Waals surface area (Å²) >= 11 is 3.49. The van der Waals surface area contributed by atoms with Crippen molar-refractivity contribution in [2.45, 2.75) is 32.9 Å². The van der Waals surface area contributed by atoms with Gasteiger partial charge in [-0.25, -0.2) is 0 Å². The van der Waals surface area contributed by atoms with E-state index in [1.165, 1.54) is 5.56 Å². The smallest absolute Gasteiger partial charge is 0.0616 e. The zero-order valence-electron chi connectivity index (χ0n) is 10.2. The molecule has 2 nitrogen and oxygen atoms in total. The number of rotatable bonds is 6. The molecule has 0 bridgehead atoms. The van der Waals surface area contributed by atoms with Gasteiger partial charge in [0.15, 0.2) is 0 Å². The minimum atomic E-state index is 0.341. The van der Waals surface area contributed by atoms with Gasteiger partial charge in [0, 0.05) is 23.2 Å². The number of hydrogen-bond donors (Lipinski definition) is 1. The first kappa shape index (κ1) is 13.7. The molecule has 16 heavy (non-hydrogen) atoms. The summed E-state index contributed by atoms with van der Waals surface area (Å²) in [6.45, 7) is 7.87. The van der Waals surface area contributed by atoms with Gasteiger partial charge in [-0.3, -0.25) is 0 Å². The molecule has 1 rings (SSSR count). The van der Waals surface area contributed by atoms with Crippen molar-refractivity contribution in [1.82, 2.24) is 5.32 Å². The van der Waals surface area contributed by atoms with Crippen LogP contribution in [0.25, 0.3) is 0 Å². The van der Waals surface area contributed by atoms with Crippen LogP contribution in [0.2, 0.25) is 0 Å². The topological polar surface area (TPSA) is 21.3 Å². The van der Waals surface area contributed by atoms with E-state index < -0.39 is 0 Å². The van der Waals surface area contributed by atoms with Crippen molar-refractivity contribution in [3.63, 3.8) is 0 Å².